The van der Waals surface area contributed by atoms with Gasteiger partial charge in [0, 0.05) is 30.1 Å². The number of aliphatic carboxylic acids is 1. The van der Waals surface area contributed by atoms with Crippen LogP contribution in [0.15, 0.2) is 48.7 Å². The fraction of sp³-hybridized carbons (Fsp3) is 0.238. The van der Waals surface area contributed by atoms with Crippen molar-refractivity contribution in [1.29, 1.82) is 0 Å². The molecule has 4 rings (SSSR count). The highest BCUT2D eigenvalue weighted by Crippen LogP contribution is 2.27. The molecule has 0 saturated heterocycles. The van der Waals surface area contributed by atoms with Crippen molar-refractivity contribution in [2.24, 2.45) is 0 Å². The Hall–Kier alpha value is -3.28. The summed E-state index contributed by atoms with van der Waals surface area (Å²) >= 11 is 0. The highest BCUT2D eigenvalue weighted by atomic mass is 16.5. The minimum Gasteiger partial charge on any atom is -0.497 e. The van der Waals surface area contributed by atoms with E-state index in [2.05, 4.69) is 4.98 Å². The molecule has 0 radical (unpaired) electrons. The largest absolute Gasteiger partial charge is 0.497 e. The molecule has 138 valence electrons. The highest BCUT2D eigenvalue weighted by Gasteiger charge is 2.34. The topological polar surface area (TPSA) is 82.6 Å². The average Bonchev–Trinajstić information content (AvgIpc) is 3.08. The molecule has 0 unspecified atom stereocenters. The number of ether oxygens (including phenoxy) is 1. The molecule has 1 aliphatic heterocycles. The van der Waals surface area contributed by atoms with Gasteiger partial charge in [-0.3, -0.25) is 4.79 Å². The van der Waals surface area contributed by atoms with E-state index in [1.165, 1.54) is 4.90 Å². The summed E-state index contributed by atoms with van der Waals surface area (Å²) in [5.74, 6) is -0.454. The predicted molar refractivity (Wildman–Crippen MR) is 101 cm³/mol. The average molecular weight is 364 g/mol. The first-order valence-corrected chi connectivity index (χ1v) is 8.80. The van der Waals surface area contributed by atoms with Gasteiger partial charge >= 0.3 is 5.97 Å². The van der Waals surface area contributed by atoms with Crippen LogP contribution in [0.4, 0.5) is 0 Å². The molecule has 27 heavy (non-hydrogen) atoms. The van der Waals surface area contributed by atoms with Crippen LogP contribution in [-0.2, 0) is 29.0 Å². The number of methoxy groups -OCH3 is 1. The number of aromatic amines is 1. The first kappa shape index (κ1) is 17.1. The molecule has 1 amide bonds. The maximum Gasteiger partial charge on any atom is 0.326 e. The van der Waals surface area contributed by atoms with E-state index in [0.717, 1.165) is 27.6 Å². The second-order valence-electron chi connectivity index (χ2n) is 6.75. The molecule has 2 N–H and O–H groups in total. The van der Waals surface area contributed by atoms with Crippen LogP contribution >= 0.6 is 0 Å². The first-order chi connectivity index (χ1) is 13.1. The third kappa shape index (κ3) is 3.14. The van der Waals surface area contributed by atoms with E-state index in [9.17, 15) is 14.7 Å². The fourth-order valence-electron chi connectivity index (χ4n) is 3.70. The van der Waals surface area contributed by atoms with Gasteiger partial charge in [-0.1, -0.05) is 24.3 Å². The van der Waals surface area contributed by atoms with Crippen LogP contribution in [0.2, 0.25) is 0 Å². The number of hydrogen-bond donors (Lipinski definition) is 2. The van der Waals surface area contributed by atoms with Crippen LogP contribution in [0.1, 0.15) is 16.7 Å². The normalized spacial score (nSPS) is 16.2. The number of hydrogen-bond acceptors (Lipinski definition) is 3. The molecule has 1 atom stereocenters. The van der Waals surface area contributed by atoms with E-state index in [4.69, 9.17) is 4.74 Å². The van der Waals surface area contributed by atoms with Crippen molar-refractivity contribution in [2.75, 3.05) is 7.11 Å². The summed E-state index contributed by atoms with van der Waals surface area (Å²) < 4.78 is 5.27. The van der Waals surface area contributed by atoms with Crippen molar-refractivity contribution in [3.05, 3.63) is 65.4 Å². The molecule has 0 fully saturated rings. The van der Waals surface area contributed by atoms with Crippen molar-refractivity contribution in [3.8, 4) is 5.75 Å². The third-order valence-electron chi connectivity index (χ3n) is 5.17. The number of benzene rings is 2. The number of carbonyl (C=O) groups is 2. The second-order valence-corrected chi connectivity index (χ2v) is 6.75. The Balaban J connectivity index is 1.63. The maximum atomic E-state index is 13.0. The Labute approximate surface area is 156 Å². The molecular weight excluding hydrogens is 344 g/mol. The van der Waals surface area contributed by atoms with Gasteiger partial charge in [-0.05, 0) is 34.9 Å². The van der Waals surface area contributed by atoms with Gasteiger partial charge in [-0.15, -0.1) is 0 Å². The van der Waals surface area contributed by atoms with E-state index in [0.29, 0.717) is 18.7 Å². The molecule has 6 heteroatoms. The maximum absolute atomic E-state index is 13.0. The zero-order valence-corrected chi connectivity index (χ0v) is 14.9. The molecule has 3 aromatic rings. The predicted octanol–water partition coefficient (Wildman–Crippen LogP) is 2.76. The Morgan fingerprint density at radius 3 is 2.74 bits per heavy atom. The number of rotatable bonds is 4. The van der Waals surface area contributed by atoms with Crippen LogP contribution in [-0.4, -0.2) is 40.0 Å². The van der Waals surface area contributed by atoms with Gasteiger partial charge in [-0.2, -0.15) is 0 Å². The molecule has 1 aliphatic rings. The number of carboxylic acid groups (broad SMARTS) is 1. The summed E-state index contributed by atoms with van der Waals surface area (Å²) in [5, 5.41) is 10.5. The van der Waals surface area contributed by atoms with Gasteiger partial charge in [0.2, 0.25) is 5.91 Å². The number of H-pyrrole nitrogens is 1. The minimum absolute atomic E-state index is 0.138. The number of nitrogens with one attached hydrogen (secondary N) is 1. The number of nitrogens with zero attached hydrogens (tertiary/aromatic N) is 1. The van der Waals surface area contributed by atoms with E-state index in [-0.39, 0.29) is 12.3 Å². The van der Waals surface area contributed by atoms with E-state index in [1.807, 2.05) is 42.5 Å². The highest BCUT2D eigenvalue weighted by molar-refractivity contribution is 5.91. The van der Waals surface area contributed by atoms with Crippen LogP contribution in [0.3, 0.4) is 0 Å². The zero-order valence-electron chi connectivity index (χ0n) is 14.9. The number of aromatic nitrogens is 1. The number of amides is 1. The lowest BCUT2D eigenvalue weighted by atomic mass is 9.93. The van der Waals surface area contributed by atoms with Crippen molar-refractivity contribution >= 4 is 22.8 Å². The van der Waals surface area contributed by atoms with Crippen LogP contribution < -0.4 is 4.74 Å². The van der Waals surface area contributed by atoms with Crippen LogP contribution in [0.25, 0.3) is 10.9 Å². The molecule has 0 saturated carbocycles. The Bertz CT molecular complexity index is 1020. The van der Waals surface area contributed by atoms with E-state index < -0.39 is 12.0 Å². The summed E-state index contributed by atoms with van der Waals surface area (Å²) in [6.45, 7) is 0.317. The lowest BCUT2D eigenvalue weighted by molar-refractivity contribution is -0.151. The molecular formula is C21H20N2O4. The first-order valence-electron chi connectivity index (χ1n) is 8.80. The SMILES string of the molecule is COc1ccc2[nH]cc(CC(=O)N3Cc4ccccc4C[C@@H]3C(=O)O)c2c1. The summed E-state index contributed by atoms with van der Waals surface area (Å²) in [6, 6.07) is 12.5. The molecule has 6 nitrogen and oxygen atoms in total. The van der Waals surface area contributed by atoms with Crippen molar-refractivity contribution < 1.29 is 19.4 Å². The molecule has 0 aliphatic carbocycles. The standard InChI is InChI=1S/C21H20N2O4/c1-27-16-6-7-18-17(10-16)15(11-22-18)9-20(24)23-12-14-5-3-2-4-13(14)8-19(23)21(25)26/h2-7,10-11,19,22H,8-9,12H2,1H3,(H,25,26)/t19-/m1/s1. The third-order valence-corrected chi connectivity index (χ3v) is 5.17. The molecule has 0 bridgehead atoms. The molecule has 2 aromatic carbocycles. The van der Waals surface area contributed by atoms with Gasteiger partial charge in [0.25, 0.3) is 0 Å². The smallest absolute Gasteiger partial charge is 0.326 e. The second kappa shape index (κ2) is 6.79. The van der Waals surface area contributed by atoms with Gasteiger partial charge in [0.05, 0.1) is 13.5 Å². The number of carboxylic acids is 1. The van der Waals surface area contributed by atoms with Crippen LogP contribution in [0, 0.1) is 0 Å². The van der Waals surface area contributed by atoms with Gasteiger partial charge in [0.1, 0.15) is 11.8 Å². The zero-order chi connectivity index (χ0) is 19.0. The minimum atomic E-state index is -0.974. The summed E-state index contributed by atoms with van der Waals surface area (Å²) in [5.41, 5.74) is 3.74. The van der Waals surface area contributed by atoms with Crippen LogP contribution in [0.5, 0.6) is 5.75 Å². The number of fused-ring (bicyclic) bond motifs is 2. The van der Waals surface area contributed by atoms with E-state index >= 15 is 0 Å². The number of carbonyl (C=O) groups excluding carboxylic acids is 1. The fourth-order valence-corrected chi connectivity index (χ4v) is 3.70. The Morgan fingerprint density at radius 2 is 2.00 bits per heavy atom. The van der Waals surface area contributed by atoms with Gasteiger partial charge < -0.3 is 19.7 Å². The van der Waals surface area contributed by atoms with Gasteiger partial charge in [-0.25, -0.2) is 4.79 Å². The summed E-state index contributed by atoms with van der Waals surface area (Å²) in [7, 11) is 1.60. The summed E-state index contributed by atoms with van der Waals surface area (Å²) in [6.07, 6.45) is 2.27. The molecule has 0 spiro atoms. The lowest BCUT2D eigenvalue weighted by Crippen LogP contribution is -2.49. The Kier molecular flexibility index (Phi) is 4.32. The Morgan fingerprint density at radius 1 is 1.22 bits per heavy atom. The molecule has 1 aromatic heterocycles. The van der Waals surface area contributed by atoms with Crippen molar-refractivity contribution in [3.63, 3.8) is 0 Å². The molecule has 2 heterocycles. The van der Waals surface area contributed by atoms with Gasteiger partial charge in [0.15, 0.2) is 0 Å². The lowest BCUT2D eigenvalue weighted by Gasteiger charge is -2.34. The summed E-state index contributed by atoms with van der Waals surface area (Å²) in [4.78, 5) is 29.4. The van der Waals surface area contributed by atoms with Crippen molar-refractivity contribution in [2.45, 2.75) is 25.4 Å². The van der Waals surface area contributed by atoms with Crippen molar-refractivity contribution in [1.82, 2.24) is 9.88 Å². The van der Waals surface area contributed by atoms with E-state index in [1.54, 1.807) is 13.3 Å². The quantitative estimate of drug-likeness (QED) is 0.746. The monoisotopic (exact) mass is 364 g/mol.